The van der Waals surface area contributed by atoms with Gasteiger partial charge in [0.25, 0.3) is 0 Å². The van der Waals surface area contributed by atoms with Gasteiger partial charge in [0.15, 0.2) is 0 Å². The first-order chi connectivity index (χ1) is 6.69. The van der Waals surface area contributed by atoms with Gasteiger partial charge < -0.3 is 14.1 Å². The molecule has 0 saturated heterocycles. The van der Waals surface area contributed by atoms with Crippen LogP contribution < -0.4 is 0 Å². The van der Waals surface area contributed by atoms with E-state index in [4.69, 9.17) is 6.57 Å². The number of carbonyl (C=O) groups is 1. The summed E-state index contributed by atoms with van der Waals surface area (Å²) in [5.41, 5.74) is 1.51. The zero-order chi connectivity index (χ0) is 10.6. The van der Waals surface area contributed by atoms with Gasteiger partial charge in [-0.3, -0.25) is 0 Å². The molecule has 0 spiro atoms. The van der Waals surface area contributed by atoms with E-state index in [1.807, 2.05) is 6.20 Å². The minimum absolute atomic E-state index is 0.346. The lowest BCUT2D eigenvalue weighted by Crippen LogP contribution is -2.06. The average Bonchev–Trinajstić information content (AvgIpc) is 2.55. The quantitative estimate of drug-likeness (QED) is 0.534. The molecular formula is C10H12N2O2. The number of carbonyl (C=O) groups excluding carboxylic acids is 1. The van der Waals surface area contributed by atoms with Crippen LogP contribution in [0.5, 0.6) is 0 Å². The molecule has 0 bridgehead atoms. The zero-order valence-electron chi connectivity index (χ0n) is 8.28. The van der Waals surface area contributed by atoms with E-state index in [9.17, 15) is 4.79 Å². The van der Waals surface area contributed by atoms with Gasteiger partial charge in [-0.05, 0) is 11.6 Å². The van der Waals surface area contributed by atoms with Gasteiger partial charge in [-0.25, -0.2) is 11.4 Å². The molecule has 0 aromatic carbocycles. The molecule has 0 saturated carbocycles. The molecular weight excluding hydrogens is 180 g/mol. The first-order valence-electron chi connectivity index (χ1n) is 4.25. The Hall–Kier alpha value is -1.76. The largest absolute Gasteiger partial charge is 0.464 e. The van der Waals surface area contributed by atoms with Gasteiger partial charge in [0.2, 0.25) is 6.54 Å². The summed E-state index contributed by atoms with van der Waals surface area (Å²) in [5.74, 6) is -0.346. The van der Waals surface area contributed by atoms with Crippen molar-refractivity contribution in [2.45, 2.75) is 6.42 Å². The van der Waals surface area contributed by atoms with Crippen LogP contribution in [0.4, 0.5) is 0 Å². The third-order valence-corrected chi connectivity index (χ3v) is 1.97. The van der Waals surface area contributed by atoms with Gasteiger partial charge in [0.1, 0.15) is 5.69 Å². The Morgan fingerprint density at radius 1 is 1.71 bits per heavy atom. The van der Waals surface area contributed by atoms with Crippen molar-refractivity contribution < 1.29 is 9.53 Å². The minimum Gasteiger partial charge on any atom is -0.464 e. The summed E-state index contributed by atoms with van der Waals surface area (Å²) in [6.45, 7) is 7.11. The highest BCUT2D eigenvalue weighted by atomic mass is 16.5. The maximum atomic E-state index is 11.2. The molecule has 0 atom stereocenters. The predicted molar refractivity (Wildman–Crippen MR) is 51.9 cm³/mol. The van der Waals surface area contributed by atoms with Crippen molar-refractivity contribution >= 4 is 5.97 Å². The molecule has 0 aliphatic carbocycles. The number of rotatable bonds is 3. The van der Waals surface area contributed by atoms with Crippen LogP contribution in [0, 0.1) is 6.57 Å². The highest BCUT2D eigenvalue weighted by Gasteiger charge is 2.11. The van der Waals surface area contributed by atoms with Crippen molar-refractivity contribution in [2.24, 2.45) is 7.05 Å². The molecule has 0 N–H and O–H groups in total. The monoisotopic (exact) mass is 192 g/mol. The van der Waals surface area contributed by atoms with Crippen molar-refractivity contribution in [3.8, 4) is 0 Å². The second-order valence-electron chi connectivity index (χ2n) is 2.97. The second kappa shape index (κ2) is 4.47. The molecule has 1 heterocycles. The fraction of sp³-hybridized carbons (Fsp3) is 0.400. The number of ether oxygens (including phenoxy) is 1. The number of aryl methyl sites for hydroxylation is 1. The van der Waals surface area contributed by atoms with E-state index >= 15 is 0 Å². The average molecular weight is 192 g/mol. The molecule has 4 nitrogen and oxygen atoms in total. The topological polar surface area (TPSA) is 35.6 Å². The van der Waals surface area contributed by atoms with Gasteiger partial charge in [-0.2, -0.15) is 0 Å². The van der Waals surface area contributed by atoms with Crippen LogP contribution >= 0.6 is 0 Å². The molecule has 74 valence electrons. The minimum atomic E-state index is -0.346. The summed E-state index contributed by atoms with van der Waals surface area (Å²) in [4.78, 5) is 14.5. The van der Waals surface area contributed by atoms with Gasteiger partial charge in [0, 0.05) is 19.7 Å². The molecule has 0 fully saturated rings. The number of nitrogens with zero attached hydrogens (tertiary/aromatic N) is 2. The lowest BCUT2D eigenvalue weighted by Gasteiger charge is -1.98. The summed E-state index contributed by atoms with van der Waals surface area (Å²) in [7, 11) is 3.14. The predicted octanol–water partition coefficient (Wildman–Crippen LogP) is 1.27. The molecule has 0 aliphatic rings. The van der Waals surface area contributed by atoms with E-state index in [2.05, 4.69) is 9.58 Å². The van der Waals surface area contributed by atoms with Crippen LogP contribution in [0.15, 0.2) is 12.3 Å². The standard InChI is InChI=1S/C10H12N2O2/c1-11-5-4-8-6-9(10(13)14-3)12(2)7-8/h6-7H,4-5H2,2-3H3. The molecule has 14 heavy (non-hydrogen) atoms. The number of aromatic nitrogens is 1. The van der Waals surface area contributed by atoms with Gasteiger partial charge >= 0.3 is 5.97 Å². The number of methoxy groups -OCH3 is 1. The smallest absolute Gasteiger partial charge is 0.354 e. The molecule has 4 heteroatoms. The van der Waals surface area contributed by atoms with Crippen molar-refractivity contribution in [2.75, 3.05) is 13.7 Å². The first kappa shape index (κ1) is 10.3. The van der Waals surface area contributed by atoms with E-state index in [0.29, 0.717) is 18.7 Å². The van der Waals surface area contributed by atoms with E-state index < -0.39 is 0 Å². The third kappa shape index (κ3) is 2.13. The Bertz CT molecular complexity index is 374. The first-order valence-corrected chi connectivity index (χ1v) is 4.25. The van der Waals surface area contributed by atoms with E-state index in [1.54, 1.807) is 17.7 Å². The summed E-state index contributed by atoms with van der Waals surface area (Å²) >= 11 is 0. The number of hydrogen-bond donors (Lipinski definition) is 0. The van der Waals surface area contributed by atoms with Gasteiger partial charge in [0.05, 0.1) is 7.11 Å². The molecule has 0 amide bonds. The Kier molecular flexibility index (Phi) is 3.29. The van der Waals surface area contributed by atoms with Gasteiger partial charge in [-0.15, -0.1) is 0 Å². The Labute approximate surface area is 82.9 Å². The maximum Gasteiger partial charge on any atom is 0.354 e. The van der Waals surface area contributed by atoms with Crippen molar-refractivity contribution in [1.82, 2.24) is 4.57 Å². The zero-order valence-corrected chi connectivity index (χ0v) is 8.28. The second-order valence-corrected chi connectivity index (χ2v) is 2.97. The summed E-state index contributed by atoms with van der Waals surface area (Å²) in [6, 6.07) is 1.76. The van der Waals surface area contributed by atoms with Crippen LogP contribution in [0.25, 0.3) is 4.85 Å². The van der Waals surface area contributed by atoms with Crippen LogP contribution in [0.2, 0.25) is 0 Å². The lowest BCUT2D eigenvalue weighted by atomic mass is 10.2. The molecule has 1 rings (SSSR count). The van der Waals surface area contributed by atoms with Crippen LogP contribution in [-0.4, -0.2) is 24.2 Å². The van der Waals surface area contributed by atoms with Crippen molar-refractivity contribution in [3.05, 3.63) is 34.9 Å². The molecule has 0 unspecified atom stereocenters. The summed E-state index contributed by atoms with van der Waals surface area (Å²) in [5, 5.41) is 0. The third-order valence-electron chi connectivity index (χ3n) is 1.97. The van der Waals surface area contributed by atoms with Gasteiger partial charge in [-0.1, -0.05) is 0 Å². The molecule has 1 aromatic heterocycles. The number of hydrogen-bond acceptors (Lipinski definition) is 2. The Morgan fingerprint density at radius 2 is 2.43 bits per heavy atom. The van der Waals surface area contributed by atoms with Crippen molar-refractivity contribution in [3.63, 3.8) is 0 Å². The Morgan fingerprint density at radius 3 is 3.00 bits per heavy atom. The lowest BCUT2D eigenvalue weighted by molar-refractivity contribution is 0.0590. The van der Waals surface area contributed by atoms with Crippen LogP contribution in [-0.2, 0) is 18.2 Å². The SMILES string of the molecule is [C-]#[N+]CCc1cc(C(=O)OC)n(C)c1. The van der Waals surface area contributed by atoms with E-state index in [-0.39, 0.29) is 5.97 Å². The summed E-state index contributed by atoms with van der Waals surface area (Å²) < 4.78 is 6.33. The summed E-state index contributed by atoms with van der Waals surface area (Å²) in [6.07, 6.45) is 2.52. The Balaban J connectivity index is 2.83. The van der Waals surface area contributed by atoms with Crippen molar-refractivity contribution in [1.29, 1.82) is 0 Å². The molecule has 0 radical (unpaired) electrons. The fourth-order valence-electron chi connectivity index (χ4n) is 1.26. The highest BCUT2D eigenvalue weighted by molar-refractivity contribution is 5.87. The normalized spacial score (nSPS) is 9.50. The van der Waals surface area contributed by atoms with E-state index in [0.717, 1.165) is 5.56 Å². The maximum absolute atomic E-state index is 11.2. The number of esters is 1. The fourth-order valence-corrected chi connectivity index (χ4v) is 1.26. The van der Waals surface area contributed by atoms with E-state index in [1.165, 1.54) is 7.11 Å². The molecule has 0 aliphatic heterocycles. The molecule has 1 aromatic rings. The van der Waals surface area contributed by atoms with Crippen LogP contribution in [0.1, 0.15) is 16.1 Å². The highest BCUT2D eigenvalue weighted by Crippen LogP contribution is 2.09. The van der Waals surface area contributed by atoms with Crippen LogP contribution in [0.3, 0.4) is 0 Å².